The number of carbonyl (C=O) groups excluding carboxylic acids is 1. The van der Waals surface area contributed by atoms with Crippen LogP contribution in [0.15, 0.2) is 54.6 Å². The number of fused-ring (bicyclic) bond motifs is 2. The van der Waals surface area contributed by atoms with Gasteiger partial charge in [-0.3, -0.25) is 14.5 Å². The number of carboxylic acids is 1. The van der Waals surface area contributed by atoms with E-state index in [9.17, 15) is 14.7 Å². The lowest BCUT2D eigenvalue weighted by Crippen LogP contribution is -2.43. The van der Waals surface area contributed by atoms with Gasteiger partial charge in [-0.15, -0.1) is 0 Å². The van der Waals surface area contributed by atoms with E-state index in [1.54, 1.807) is 12.1 Å². The Morgan fingerprint density at radius 2 is 1.76 bits per heavy atom. The Morgan fingerprint density at radius 1 is 1.05 bits per heavy atom. The summed E-state index contributed by atoms with van der Waals surface area (Å²) in [7, 11) is 1.83. The van der Waals surface area contributed by atoms with Crippen LogP contribution < -0.4 is 14.2 Å². The molecule has 0 fully saturated rings. The second-order valence-electron chi connectivity index (χ2n) is 10.9. The third-order valence-corrected chi connectivity index (χ3v) is 7.36. The fraction of sp³-hybridized carbons (Fsp3) is 0.355. The van der Waals surface area contributed by atoms with Crippen LogP contribution >= 0.6 is 23.2 Å². The smallest absolute Gasteiger partial charge is 0.321 e. The molecule has 5 rings (SSSR count). The third kappa shape index (κ3) is 8.06. The van der Waals surface area contributed by atoms with E-state index < -0.39 is 12.0 Å². The quantitative estimate of drug-likeness (QED) is 0.321. The Kier molecular flexibility index (Phi) is 9.68. The number of hydrogen-bond acceptors (Lipinski definition) is 7. The summed E-state index contributed by atoms with van der Waals surface area (Å²) in [5, 5.41) is 10.5. The lowest BCUT2D eigenvalue weighted by molar-refractivity contribution is -0.143. The molecule has 0 aromatic heterocycles. The molecule has 41 heavy (non-hydrogen) atoms. The molecule has 0 aliphatic carbocycles. The molecule has 10 heteroatoms. The van der Waals surface area contributed by atoms with E-state index in [2.05, 4.69) is 4.74 Å². The molecular formula is C31H33Cl2NO7. The van der Waals surface area contributed by atoms with Crippen molar-refractivity contribution in [1.29, 1.82) is 0 Å². The van der Waals surface area contributed by atoms with Crippen molar-refractivity contribution in [3.63, 3.8) is 0 Å². The second-order valence-corrected chi connectivity index (χ2v) is 11.7. The van der Waals surface area contributed by atoms with Crippen LogP contribution in [-0.2, 0) is 33.9 Å². The summed E-state index contributed by atoms with van der Waals surface area (Å²) < 4.78 is 22.7. The number of benzene rings is 3. The van der Waals surface area contributed by atoms with Gasteiger partial charge < -0.3 is 24.1 Å². The van der Waals surface area contributed by atoms with Crippen molar-refractivity contribution < 1.29 is 33.6 Å². The summed E-state index contributed by atoms with van der Waals surface area (Å²) in [4.78, 5) is 22.9. The normalized spacial score (nSPS) is 17.9. The molecule has 2 atom stereocenters. The van der Waals surface area contributed by atoms with Crippen LogP contribution in [0.25, 0.3) is 0 Å². The van der Waals surface area contributed by atoms with Crippen molar-refractivity contribution in [2.75, 3.05) is 13.7 Å². The first-order chi connectivity index (χ1) is 19.4. The van der Waals surface area contributed by atoms with Crippen molar-refractivity contribution >= 4 is 35.6 Å². The highest BCUT2D eigenvalue weighted by Gasteiger charge is 2.32. The zero-order valence-corrected chi connectivity index (χ0v) is 24.9. The maximum Gasteiger partial charge on any atom is 0.321 e. The monoisotopic (exact) mass is 601 g/mol. The number of nitrogens with zero attached hydrogens (tertiary/aromatic N) is 1. The number of aliphatic carboxylic acids is 1. The predicted octanol–water partition coefficient (Wildman–Crippen LogP) is 6.48. The molecule has 2 aliphatic heterocycles. The molecule has 0 saturated carbocycles. The molecule has 0 amide bonds. The molecule has 2 heterocycles. The molecule has 0 radical (unpaired) electrons. The number of ether oxygens (including phenoxy) is 4. The van der Waals surface area contributed by atoms with Gasteiger partial charge in [0, 0.05) is 6.54 Å². The Hall–Kier alpha value is -3.46. The van der Waals surface area contributed by atoms with Crippen LogP contribution in [0, 0.1) is 0 Å². The first kappa shape index (κ1) is 30.5. The van der Waals surface area contributed by atoms with E-state index in [0.717, 1.165) is 28.0 Å². The van der Waals surface area contributed by atoms with E-state index in [-0.39, 0.29) is 11.7 Å². The van der Waals surface area contributed by atoms with Gasteiger partial charge in [0.05, 0.1) is 10.0 Å². The van der Waals surface area contributed by atoms with Crippen LogP contribution in [-0.4, -0.2) is 47.7 Å². The fourth-order valence-electron chi connectivity index (χ4n) is 4.44. The SMILES string of the molecule is CC(C)(C)OC=O.CN1Cc2cc3c(cc2CC1C(=O)O)OC[C@@H](c1ccc(OCc2ccc(Cl)c(Cl)c2)cc1)O3. The number of hydrogen-bond donors (Lipinski definition) is 1. The highest BCUT2D eigenvalue weighted by Crippen LogP contribution is 2.40. The molecule has 0 spiro atoms. The van der Waals surface area contributed by atoms with Crippen LogP contribution in [0.1, 0.15) is 49.1 Å². The summed E-state index contributed by atoms with van der Waals surface area (Å²) in [6.45, 7) is 7.23. The number of rotatable bonds is 6. The molecular weight excluding hydrogens is 569 g/mol. The molecule has 3 aromatic carbocycles. The van der Waals surface area contributed by atoms with Gasteiger partial charge in [0.2, 0.25) is 0 Å². The number of carbonyl (C=O) groups is 2. The van der Waals surface area contributed by atoms with E-state index in [1.165, 1.54) is 0 Å². The van der Waals surface area contributed by atoms with Gasteiger partial charge in [0.1, 0.15) is 30.6 Å². The van der Waals surface area contributed by atoms with Crippen LogP contribution in [0.3, 0.4) is 0 Å². The minimum absolute atomic E-state index is 0.247. The molecule has 218 valence electrons. The molecule has 0 saturated heterocycles. The summed E-state index contributed by atoms with van der Waals surface area (Å²) in [5.74, 6) is 1.26. The molecule has 1 N–H and O–H groups in total. The Balaban J connectivity index is 0.000000493. The van der Waals surface area contributed by atoms with Crippen molar-refractivity contribution in [2.45, 2.75) is 58.1 Å². The predicted molar refractivity (Wildman–Crippen MR) is 156 cm³/mol. The van der Waals surface area contributed by atoms with E-state index in [4.69, 9.17) is 37.4 Å². The summed E-state index contributed by atoms with van der Waals surface area (Å²) in [6, 6.07) is 16.5. The molecule has 3 aromatic rings. The van der Waals surface area contributed by atoms with Gasteiger partial charge in [-0.2, -0.15) is 0 Å². The first-order valence-electron chi connectivity index (χ1n) is 13.1. The van der Waals surface area contributed by atoms with Crippen molar-refractivity contribution in [3.8, 4) is 17.2 Å². The van der Waals surface area contributed by atoms with Gasteiger partial charge in [0.15, 0.2) is 17.6 Å². The first-order valence-corrected chi connectivity index (χ1v) is 13.9. The summed E-state index contributed by atoms with van der Waals surface area (Å²) in [5.41, 5.74) is 3.65. The maximum absolute atomic E-state index is 11.5. The highest BCUT2D eigenvalue weighted by molar-refractivity contribution is 6.42. The average molecular weight is 603 g/mol. The minimum Gasteiger partial charge on any atom is -0.489 e. The average Bonchev–Trinajstić information content (AvgIpc) is 2.92. The summed E-state index contributed by atoms with van der Waals surface area (Å²) in [6.07, 6.45) is 0.202. The molecule has 0 bridgehead atoms. The minimum atomic E-state index is -0.813. The molecule has 8 nitrogen and oxygen atoms in total. The lowest BCUT2D eigenvalue weighted by Gasteiger charge is -2.33. The standard InChI is InChI=1S/C26H23Cl2NO5.C5H10O2/c1-29-12-18-11-24-23(10-17(18)9-22(29)26(30)31)33-14-25(34-24)16-3-5-19(6-4-16)32-13-15-2-7-20(27)21(28)8-15;1-5(2,3)7-4-6/h2-8,10-11,22,25H,9,12-14H2,1H3,(H,30,31);4H,1-3H3/t22?,25-;/m0./s1. The lowest BCUT2D eigenvalue weighted by atomic mass is 9.93. The number of carboxylic acid groups (broad SMARTS) is 1. The second kappa shape index (κ2) is 13.0. The molecule has 1 unspecified atom stereocenters. The van der Waals surface area contributed by atoms with Crippen molar-refractivity contribution in [3.05, 3.63) is 86.9 Å². The zero-order valence-electron chi connectivity index (χ0n) is 23.4. The van der Waals surface area contributed by atoms with Crippen LogP contribution in [0.4, 0.5) is 0 Å². The summed E-state index contributed by atoms with van der Waals surface area (Å²) >= 11 is 12.0. The van der Waals surface area contributed by atoms with Gasteiger partial charge in [-0.1, -0.05) is 41.4 Å². The topological polar surface area (TPSA) is 94.5 Å². The largest absolute Gasteiger partial charge is 0.489 e. The Bertz CT molecular complexity index is 1390. The van der Waals surface area contributed by atoms with Crippen molar-refractivity contribution in [2.24, 2.45) is 0 Å². The van der Waals surface area contributed by atoms with Gasteiger partial charge in [-0.05, 0) is 92.9 Å². The molecule has 2 aliphatic rings. The van der Waals surface area contributed by atoms with Crippen LogP contribution in [0.2, 0.25) is 10.0 Å². The fourth-order valence-corrected chi connectivity index (χ4v) is 4.76. The van der Waals surface area contributed by atoms with Gasteiger partial charge in [-0.25, -0.2) is 0 Å². The van der Waals surface area contributed by atoms with E-state index >= 15 is 0 Å². The van der Waals surface area contributed by atoms with E-state index in [1.807, 2.05) is 75.2 Å². The van der Waals surface area contributed by atoms with Gasteiger partial charge in [0.25, 0.3) is 6.47 Å². The number of likely N-dealkylation sites (N-methyl/N-ethyl adjacent to an activating group) is 1. The number of halogens is 2. The zero-order chi connectivity index (χ0) is 29.7. The van der Waals surface area contributed by atoms with Crippen LogP contribution in [0.5, 0.6) is 17.2 Å². The Morgan fingerprint density at radius 3 is 2.37 bits per heavy atom. The maximum atomic E-state index is 11.5. The van der Waals surface area contributed by atoms with E-state index in [0.29, 0.717) is 54.2 Å². The Labute approximate surface area is 249 Å². The third-order valence-electron chi connectivity index (χ3n) is 6.62. The van der Waals surface area contributed by atoms with Gasteiger partial charge >= 0.3 is 5.97 Å². The van der Waals surface area contributed by atoms with Crippen molar-refractivity contribution in [1.82, 2.24) is 4.90 Å². The highest BCUT2D eigenvalue weighted by atomic mass is 35.5.